The minimum absolute atomic E-state index is 0.157. The Balaban J connectivity index is 2.06. The highest BCUT2D eigenvalue weighted by molar-refractivity contribution is 7.99. The van der Waals surface area contributed by atoms with E-state index in [-0.39, 0.29) is 12.5 Å². The van der Waals surface area contributed by atoms with E-state index in [0.717, 1.165) is 0 Å². The Labute approximate surface area is 147 Å². The molecule has 0 saturated heterocycles. The van der Waals surface area contributed by atoms with Crippen LogP contribution in [0, 0.1) is 6.92 Å². The number of carbonyl (C=O) groups is 2. The van der Waals surface area contributed by atoms with Crippen LogP contribution >= 0.6 is 11.8 Å². The number of rotatable bonds is 6. The van der Waals surface area contributed by atoms with Crippen LogP contribution in [0.4, 0.5) is 8.78 Å². The molecule has 25 heavy (non-hydrogen) atoms. The summed E-state index contributed by atoms with van der Waals surface area (Å²) in [6, 6.07) is 7.48. The van der Waals surface area contributed by atoms with E-state index in [1.54, 1.807) is 14.0 Å². The number of hydrogen-bond acceptors (Lipinski definition) is 5. The summed E-state index contributed by atoms with van der Waals surface area (Å²) in [5.74, 6) is -2.44. The number of alkyl halides is 2. The number of aryl methyl sites for hydroxylation is 1. The molecule has 0 aliphatic carbocycles. The molecule has 0 atom stereocenters. The molecule has 5 nitrogen and oxygen atoms in total. The number of thioether (sulfide) groups is 1. The number of nitrogens with zero attached hydrogens (tertiary/aromatic N) is 1. The highest BCUT2D eigenvalue weighted by Crippen LogP contribution is 2.25. The lowest BCUT2D eigenvalue weighted by molar-refractivity contribution is 0.0598. The van der Waals surface area contributed by atoms with Gasteiger partial charge < -0.3 is 14.1 Å². The summed E-state index contributed by atoms with van der Waals surface area (Å²) in [5, 5.41) is 0. The number of methoxy groups -OCH3 is 1. The van der Waals surface area contributed by atoms with Crippen molar-refractivity contribution in [1.29, 1.82) is 0 Å². The zero-order valence-corrected chi connectivity index (χ0v) is 14.7. The highest BCUT2D eigenvalue weighted by atomic mass is 32.2. The highest BCUT2D eigenvalue weighted by Gasteiger charge is 2.19. The summed E-state index contributed by atoms with van der Waals surface area (Å²) >= 11 is 0.422. The van der Waals surface area contributed by atoms with Crippen LogP contribution in [-0.2, 0) is 11.3 Å². The van der Waals surface area contributed by atoms with Crippen molar-refractivity contribution >= 4 is 23.6 Å². The van der Waals surface area contributed by atoms with Crippen LogP contribution in [0.25, 0.3) is 0 Å². The van der Waals surface area contributed by atoms with E-state index < -0.39 is 11.7 Å². The van der Waals surface area contributed by atoms with E-state index in [0.29, 0.717) is 39.3 Å². The molecule has 2 rings (SSSR count). The zero-order chi connectivity index (χ0) is 18.6. The summed E-state index contributed by atoms with van der Waals surface area (Å²) < 4.78 is 34.8. The normalized spacial score (nSPS) is 10.8. The van der Waals surface area contributed by atoms with Crippen LogP contribution in [0.5, 0.6) is 0 Å². The van der Waals surface area contributed by atoms with Crippen molar-refractivity contribution < 1.29 is 27.5 Å². The summed E-state index contributed by atoms with van der Waals surface area (Å²) in [4.78, 5) is 25.8. The van der Waals surface area contributed by atoms with Crippen LogP contribution in [-0.4, -0.2) is 36.7 Å². The molecule has 0 saturated carbocycles. The van der Waals surface area contributed by atoms with Gasteiger partial charge in [-0.25, -0.2) is 4.79 Å². The number of carbonyl (C=O) groups excluding carboxylic acids is 2. The molecule has 0 spiro atoms. The van der Waals surface area contributed by atoms with Crippen molar-refractivity contribution in [2.24, 2.45) is 0 Å². The van der Waals surface area contributed by atoms with Gasteiger partial charge in [0.05, 0.1) is 13.7 Å². The van der Waals surface area contributed by atoms with Crippen LogP contribution in [0.3, 0.4) is 0 Å². The topological polar surface area (TPSA) is 59.8 Å². The Morgan fingerprint density at radius 1 is 1.28 bits per heavy atom. The Hall–Kier alpha value is -2.35. The summed E-state index contributed by atoms with van der Waals surface area (Å²) in [6.07, 6.45) is 0. The molecule has 0 fully saturated rings. The van der Waals surface area contributed by atoms with Gasteiger partial charge in [0.2, 0.25) is 0 Å². The molecule has 2 aromatic rings. The van der Waals surface area contributed by atoms with Crippen LogP contribution < -0.4 is 0 Å². The third-order valence-corrected chi connectivity index (χ3v) is 4.16. The molecule has 0 bridgehead atoms. The fourth-order valence-electron chi connectivity index (χ4n) is 2.24. The number of benzene rings is 1. The number of ether oxygens (including phenoxy) is 1. The maximum Gasteiger partial charge on any atom is 0.341 e. The second kappa shape index (κ2) is 8.15. The first-order chi connectivity index (χ1) is 11.8. The first-order valence-electron chi connectivity index (χ1n) is 7.29. The quantitative estimate of drug-likeness (QED) is 0.570. The Morgan fingerprint density at radius 2 is 1.92 bits per heavy atom. The molecule has 134 valence electrons. The van der Waals surface area contributed by atoms with E-state index in [9.17, 15) is 18.4 Å². The Bertz CT molecular complexity index is 759. The van der Waals surface area contributed by atoms with Crippen molar-refractivity contribution in [3.8, 4) is 0 Å². The lowest BCUT2D eigenvalue weighted by Crippen LogP contribution is -2.25. The summed E-state index contributed by atoms with van der Waals surface area (Å²) in [7, 11) is 2.86. The molecule has 1 aromatic carbocycles. The number of amides is 1. The summed E-state index contributed by atoms with van der Waals surface area (Å²) in [5.41, 5.74) is 0.685. The van der Waals surface area contributed by atoms with Crippen molar-refractivity contribution in [2.45, 2.75) is 24.1 Å². The average molecular weight is 369 g/mol. The fraction of sp³-hybridized carbons (Fsp3) is 0.294. The second-order valence-corrected chi connectivity index (χ2v) is 6.30. The van der Waals surface area contributed by atoms with Gasteiger partial charge in [-0.05, 0) is 37.3 Å². The summed E-state index contributed by atoms with van der Waals surface area (Å²) in [6.45, 7) is 1.79. The molecule has 1 heterocycles. The van der Waals surface area contributed by atoms with Crippen LogP contribution in [0.2, 0.25) is 0 Å². The largest absolute Gasteiger partial charge is 0.465 e. The van der Waals surface area contributed by atoms with E-state index in [1.807, 2.05) is 0 Å². The molecular formula is C17H17F2NO4S. The van der Waals surface area contributed by atoms with Gasteiger partial charge in [-0.3, -0.25) is 4.79 Å². The van der Waals surface area contributed by atoms with Crippen LogP contribution in [0.1, 0.15) is 32.2 Å². The molecular weight excluding hydrogens is 352 g/mol. The monoisotopic (exact) mass is 369 g/mol. The fourth-order valence-corrected chi connectivity index (χ4v) is 2.74. The van der Waals surface area contributed by atoms with Crippen molar-refractivity contribution in [3.05, 3.63) is 53.0 Å². The number of hydrogen-bond donors (Lipinski definition) is 0. The van der Waals surface area contributed by atoms with Gasteiger partial charge >= 0.3 is 5.97 Å². The third-order valence-electron chi connectivity index (χ3n) is 3.44. The first kappa shape index (κ1) is 19.0. The molecule has 8 heteroatoms. The molecule has 1 aromatic heterocycles. The Morgan fingerprint density at radius 3 is 2.48 bits per heavy atom. The van der Waals surface area contributed by atoms with Gasteiger partial charge in [0.1, 0.15) is 17.1 Å². The lowest BCUT2D eigenvalue weighted by Gasteiger charge is -2.16. The first-order valence-corrected chi connectivity index (χ1v) is 8.17. The maximum atomic E-state index is 12.4. The van der Waals surface area contributed by atoms with Crippen molar-refractivity contribution in [1.82, 2.24) is 4.90 Å². The van der Waals surface area contributed by atoms with E-state index in [2.05, 4.69) is 4.74 Å². The lowest BCUT2D eigenvalue weighted by atomic mass is 10.2. The van der Waals surface area contributed by atoms with Crippen LogP contribution in [0.15, 0.2) is 39.6 Å². The standard InChI is InChI=1S/C17H17F2NO4S/c1-10-14(16(22)23-3)8-12(24-10)9-20(2)15(21)11-4-6-13(7-5-11)25-17(18)19/h4-8,17H,9H2,1-3H3. The van der Waals surface area contributed by atoms with Crippen molar-refractivity contribution in [2.75, 3.05) is 14.2 Å². The average Bonchev–Trinajstić information content (AvgIpc) is 2.94. The molecule has 0 N–H and O–H groups in total. The molecule has 0 unspecified atom stereocenters. The van der Waals surface area contributed by atoms with E-state index in [4.69, 9.17) is 4.42 Å². The second-order valence-electron chi connectivity index (χ2n) is 5.24. The zero-order valence-electron chi connectivity index (χ0n) is 13.9. The van der Waals surface area contributed by atoms with E-state index >= 15 is 0 Å². The third kappa shape index (κ3) is 4.82. The minimum atomic E-state index is -2.50. The molecule has 0 aliphatic rings. The van der Waals surface area contributed by atoms with Gasteiger partial charge in [0, 0.05) is 17.5 Å². The maximum absolute atomic E-state index is 12.4. The molecule has 0 radical (unpaired) electrons. The predicted molar refractivity (Wildman–Crippen MR) is 88.9 cm³/mol. The van der Waals surface area contributed by atoms with Gasteiger partial charge in [-0.2, -0.15) is 8.78 Å². The van der Waals surface area contributed by atoms with Gasteiger partial charge in [-0.1, -0.05) is 11.8 Å². The smallest absolute Gasteiger partial charge is 0.341 e. The SMILES string of the molecule is COC(=O)c1cc(CN(C)C(=O)c2ccc(SC(F)F)cc2)oc1C. The van der Waals surface area contributed by atoms with Gasteiger partial charge in [-0.15, -0.1) is 0 Å². The van der Waals surface area contributed by atoms with Gasteiger partial charge in [0.25, 0.3) is 11.7 Å². The number of furan rings is 1. The van der Waals surface area contributed by atoms with Gasteiger partial charge in [0.15, 0.2) is 0 Å². The van der Waals surface area contributed by atoms with Crippen molar-refractivity contribution in [3.63, 3.8) is 0 Å². The Kier molecular flexibility index (Phi) is 6.19. The minimum Gasteiger partial charge on any atom is -0.465 e. The molecule has 0 aliphatic heterocycles. The number of esters is 1. The van der Waals surface area contributed by atoms with E-state index in [1.165, 1.54) is 42.3 Å². The molecule has 1 amide bonds. The predicted octanol–water partition coefficient (Wildman–Crippen LogP) is 3.96. The number of halogens is 2.